The van der Waals surface area contributed by atoms with Crippen molar-refractivity contribution in [3.8, 4) is 0 Å². The molecule has 2 fully saturated rings. The number of likely N-dealkylation sites (tertiary alicyclic amines) is 1. The van der Waals surface area contributed by atoms with Crippen LogP contribution in [0.15, 0.2) is 0 Å². The summed E-state index contributed by atoms with van der Waals surface area (Å²) < 4.78 is 5.65. The highest BCUT2D eigenvalue weighted by atomic mass is 16.5. The Bertz CT molecular complexity index is 319. The molecule has 2 aliphatic rings. The van der Waals surface area contributed by atoms with Crippen molar-refractivity contribution in [2.75, 3.05) is 19.7 Å². The van der Waals surface area contributed by atoms with Gasteiger partial charge in [-0.1, -0.05) is 13.8 Å². The summed E-state index contributed by atoms with van der Waals surface area (Å²) in [6.07, 6.45) is 3.00. The number of carbonyl (C=O) groups excluding carboxylic acids is 1. The van der Waals surface area contributed by atoms with Crippen molar-refractivity contribution in [1.82, 2.24) is 4.90 Å². The molecule has 0 aromatic rings. The van der Waals surface area contributed by atoms with Crippen LogP contribution in [0.5, 0.6) is 0 Å². The predicted molar refractivity (Wildman–Crippen MR) is 75.6 cm³/mol. The van der Waals surface area contributed by atoms with Crippen LogP contribution in [0.3, 0.4) is 0 Å². The van der Waals surface area contributed by atoms with Gasteiger partial charge in [-0.3, -0.25) is 4.79 Å². The van der Waals surface area contributed by atoms with Crippen molar-refractivity contribution in [3.05, 3.63) is 0 Å². The van der Waals surface area contributed by atoms with Crippen molar-refractivity contribution in [3.63, 3.8) is 0 Å². The molecule has 1 saturated heterocycles. The van der Waals surface area contributed by atoms with Gasteiger partial charge in [0.25, 0.3) is 5.91 Å². The van der Waals surface area contributed by atoms with E-state index in [1.807, 2.05) is 11.8 Å². The normalized spacial score (nSPS) is 31.8. The van der Waals surface area contributed by atoms with Crippen LogP contribution in [0.4, 0.5) is 0 Å². The van der Waals surface area contributed by atoms with Crippen LogP contribution in [0, 0.1) is 17.8 Å². The van der Waals surface area contributed by atoms with Crippen molar-refractivity contribution >= 4 is 5.91 Å². The topological polar surface area (TPSA) is 55.6 Å². The molecule has 1 aliphatic carbocycles. The smallest absolute Gasteiger partial charge is 0.251 e. The Morgan fingerprint density at radius 2 is 2.05 bits per heavy atom. The number of nitrogens with two attached hydrogens (primary N) is 1. The first-order valence-electron chi connectivity index (χ1n) is 7.65. The fourth-order valence-corrected chi connectivity index (χ4v) is 3.30. The molecule has 1 aliphatic heterocycles. The van der Waals surface area contributed by atoms with E-state index < -0.39 is 0 Å². The minimum atomic E-state index is -0.311. The maximum Gasteiger partial charge on any atom is 0.251 e. The average molecular weight is 268 g/mol. The molecule has 1 amide bonds. The van der Waals surface area contributed by atoms with Gasteiger partial charge >= 0.3 is 0 Å². The van der Waals surface area contributed by atoms with Crippen molar-refractivity contribution < 1.29 is 9.53 Å². The summed E-state index contributed by atoms with van der Waals surface area (Å²) in [5, 5.41) is 0. The van der Waals surface area contributed by atoms with E-state index >= 15 is 0 Å². The first-order valence-corrected chi connectivity index (χ1v) is 7.65. The minimum Gasteiger partial charge on any atom is -0.369 e. The van der Waals surface area contributed by atoms with Gasteiger partial charge in [0.15, 0.2) is 0 Å². The first-order chi connectivity index (χ1) is 8.99. The molecule has 0 aromatic heterocycles. The van der Waals surface area contributed by atoms with Gasteiger partial charge < -0.3 is 15.4 Å². The Labute approximate surface area is 116 Å². The SMILES string of the molecule is CC(C)CCOC(C)C(=O)N1CC2CCC(N)C2C1. The number of ether oxygens (including phenoxy) is 1. The van der Waals surface area contributed by atoms with Crippen LogP contribution in [0.25, 0.3) is 0 Å². The van der Waals surface area contributed by atoms with E-state index in [2.05, 4.69) is 13.8 Å². The largest absolute Gasteiger partial charge is 0.369 e. The van der Waals surface area contributed by atoms with E-state index in [0.29, 0.717) is 30.4 Å². The van der Waals surface area contributed by atoms with Crippen molar-refractivity contribution in [2.24, 2.45) is 23.5 Å². The van der Waals surface area contributed by atoms with Crippen LogP contribution in [-0.2, 0) is 9.53 Å². The number of hydrogen-bond donors (Lipinski definition) is 1. The van der Waals surface area contributed by atoms with Gasteiger partial charge in [-0.05, 0) is 43.9 Å². The number of nitrogens with zero attached hydrogens (tertiary/aromatic N) is 1. The lowest BCUT2D eigenvalue weighted by atomic mass is 9.98. The van der Waals surface area contributed by atoms with Crippen LogP contribution < -0.4 is 5.73 Å². The fourth-order valence-electron chi connectivity index (χ4n) is 3.30. The van der Waals surface area contributed by atoms with E-state index in [9.17, 15) is 4.79 Å². The quantitative estimate of drug-likeness (QED) is 0.824. The Kier molecular flexibility index (Phi) is 4.85. The summed E-state index contributed by atoms with van der Waals surface area (Å²) in [7, 11) is 0. The molecule has 110 valence electrons. The van der Waals surface area contributed by atoms with Crippen LogP contribution >= 0.6 is 0 Å². The molecular formula is C15H28N2O2. The lowest BCUT2D eigenvalue weighted by Crippen LogP contribution is -2.39. The summed E-state index contributed by atoms with van der Waals surface area (Å²) in [5.41, 5.74) is 6.10. The number of hydrogen-bond acceptors (Lipinski definition) is 3. The van der Waals surface area contributed by atoms with Crippen molar-refractivity contribution in [2.45, 2.75) is 52.2 Å². The summed E-state index contributed by atoms with van der Waals surface area (Å²) in [5.74, 6) is 1.91. The maximum atomic E-state index is 12.3. The van der Waals surface area contributed by atoms with Gasteiger partial charge in [0.05, 0.1) is 0 Å². The van der Waals surface area contributed by atoms with E-state index in [-0.39, 0.29) is 12.0 Å². The molecule has 0 spiro atoms. The summed E-state index contributed by atoms with van der Waals surface area (Å²) in [6.45, 7) is 8.59. The highest BCUT2D eigenvalue weighted by Gasteiger charge is 2.43. The summed E-state index contributed by atoms with van der Waals surface area (Å²) in [4.78, 5) is 14.3. The molecule has 0 aromatic carbocycles. The second-order valence-corrected chi connectivity index (χ2v) is 6.60. The standard InChI is InChI=1S/C15H28N2O2/c1-10(2)6-7-19-11(3)15(18)17-8-12-4-5-14(16)13(12)9-17/h10-14H,4-9,16H2,1-3H3. The minimum absolute atomic E-state index is 0.144. The highest BCUT2D eigenvalue weighted by Crippen LogP contribution is 2.37. The lowest BCUT2D eigenvalue weighted by Gasteiger charge is -2.23. The van der Waals surface area contributed by atoms with E-state index in [0.717, 1.165) is 25.9 Å². The van der Waals surface area contributed by atoms with Gasteiger partial charge in [0.1, 0.15) is 6.10 Å². The Morgan fingerprint density at radius 1 is 1.32 bits per heavy atom. The molecule has 2 N–H and O–H groups in total. The monoisotopic (exact) mass is 268 g/mol. The molecule has 4 unspecified atom stereocenters. The molecule has 4 nitrogen and oxygen atoms in total. The number of rotatable bonds is 5. The van der Waals surface area contributed by atoms with Gasteiger partial charge in [0, 0.05) is 25.7 Å². The molecule has 19 heavy (non-hydrogen) atoms. The summed E-state index contributed by atoms with van der Waals surface area (Å²) >= 11 is 0. The third-order valence-corrected chi connectivity index (χ3v) is 4.63. The van der Waals surface area contributed by atoms with Gasteiger partial charge in [-0.2, -0.15) is 0 Å². The molecule has 4 heteroatoms. The second kappa shape index (κ2) is 6.23. The average Bonchev–Trinajstić information content (AvgIpc) is 2.90. The maximum absolute atomic E-state index is 12.3. The molecule has 0 radical (unpaired) electrons. The molecular weight excluding hydrogens is 240 g/mol. The molecule has 4 atom stereocenters. The van der Waals surface area contributed by atoms with Crippen molar-refractivity contribution in [1.29, 1.82) is 0 Å². The lowest BCUT2D eigenvalue weighted by molar-refractivity contribution is -0.142. The van der Waals surface area contributed by atoms with Crippen LogP contribution in [0.2, 0.25) is 0 Å². The van der Waals surface area contributed by atoms with Crippen LogP contribution in [-0.4, -0.2) is 42.6 Å². The highest BCUT2D eigenvalue weighted by molar-refractivity contribution is 5.80. The zero-order valence-corrected chi connectivity index (χ0v) is 12.5. The zero-order chi connectivity index (χ0) is 14.0. The Hall–Kier alpha value is -0.610. The molecule has 2 rings (SSSR count). The molecule has 1 saturated carbocycles. The van der Waals surface area contributed by atoms with E-state index in [1.165, 1.54) is 6.42 Å². The fraction of sp³-hybridized carbons (Fsp3) is 0.933. The summed E-state index contributed by atoms with van der Waals surface area (Å²) in [6, 6.07) is 0.292. The number of amides is 1. The van der Waals surface area contributed by atoms with Gasteiger partial charge in [-0.15, -0.1) is 0 Å². The second-order valence-electron chi connectivity index (χ2n) is 6.60. The Morgan fingerprint density at radius 3 is 2.68 bits per heavy atom. The molecule has 1 heterocycles. The number of carbonyl (C=O) groups is 1. The Balaban J connectivity index is 1.77. The van der Waals surface area contributed by atoms with Gasteiger partial charge in [0.2, 0.25) is 0 Å². The third-order valence-electron chi connectivity index (χ3n) is 4.63. The zero-order valence-electron chi connectivity index (χ0n) is 12.5. The predicted octanol–water partition coefficient (Wildman–Crippen LogP) is 1.63. The van der Waals surface area contributed by atoms with Gasteiger partial charge in [-0.25, -0.2) is 0 Å². The van der Waals surface area contributed by atoms with E-state index in [4.69, 9.17) is 10.5 Å². The van der Waals surface area contributed by atoms with E-state index in [1.54, 1.807) is 0 Å². The molecule has 0 bridgehead atoms. The number of fused-ring (bicyclic) bond motifs is 1. The third kappa shape index (κ3) is 3.48. The van der Waals surface area contributed by atoms with Crippen LogP contribution in [0.1, 0.15) is 40.0 Å². The first kappa shape index (κ1) is 14.8.